The number of aromatic nitrogens is 1. The number of aryl methyl sites for hydroxylation is 1. The Kier molecular flexibility index (Phi) is 5.46. The first-order valence-electron chi connectivity index (χ1n) is 8.20. The van der Waals surface area contributed by atoms with E-state index in [1.165, 1.54) is 11.3 Å². The van der Waals surface area contributed by atoms with Crippen molar-refractivity contribution in [2.24, 2.45) is 0 Å². The van der Waals surface area contributed by atoms with Crippen LogP contribution in [0.25, 0.3) is 10.4 Å². The van der Waals surface area contributed by atoms with Crippen LogP contribution < -0.4 is 10.1 Å². The quantitative estimate of drug-likeness (QED) is 0.700. The summed E-state index contributed by atoms with van der Waals surface area (Å²) in [5.74, 6) is 0.743. The molecule has 0 spiro atoms. The number of carbonyl (C=O) groups excluding carboxylic acids is 1. The van der Waals surface area contributed by atoms with E-state index in [0.29, 0.717) is 18.2 Å². The van der Waals surface area contributed by atoms with Crippen LogP contribution in [0, 0.1) is 6.92 Å². The Hall–Kier alpha value is -2.66. The summed E-state index contributed by atoms with van der Waals surface area (Å²) in [5.41, 5.74) is 2.98. The highest BCUT2D eigenvalue weighted by Gasteiger charge is 2.12. The van der Waals surface area contributed by atoms with Gasteiger partial charge in [0, 0.05) is 0 Å². The van der Waals surface area contributed by atoms with Crippen LogP contribution in [0.2, 0.25) is 0 Å². The van der Waals surface area contributed by atoms with Gasteiger partial charge < -0.3 is 10.1 Å². The zero-order valence-corrected chi connectivity index (χ0v) is 15.1. The number of rotatable bonds is 6. The summed E-state index contributed by atoms with van der Waals surface area (Å²) in [7, 11) is 0. The molecular weight excluding hydrogens is 332 g/mol. The minimum absolute atomic E-state index is 0.0717. The second-order valence-corrected chi connectivity index (χ2v) is 6.60. The molecule has 3 rings (SSSR count). The van der Waals surface area contributed by atoms with Crippen molar-refractivity contribution >= 4 is 22.4 Å². The van der Waals surface area contributed by atoms with Gasteiger partial charge in [-0.25, -0.2) is 4.98 Å². The predicted molar refractivity (Wildman–Crippen MR) is 102 cm³/mol. The van der Waals surface area contributed by atoms with E-state index in [9.17, 15) is 4.79 Å². The van der Waals surface area contributed by atoms with Gasteiger partial charge in [-0.1, -0.05) is 53.8 Å². The van der Waals surface area contributed by atoms with Crippen molar-refractivity contribution in [1.29, 1.82) is 0 Å². The molecule has 0 aliphatic heterocycles. The van der Waals surface area contributed by atoms with Crippen molar-refractivity contribution in [2.75, 3.05) is 11.9 Å². The van der Waals surface area contributed by atoms with Gasteiger partial charge in [-0.3, -0.25) is 4.79 Å². The number of hydrogen-bond acceptors (Lipinski definition) is 4. The van der Waals surface area contributed by atoms with Gasteiger partial charge >= 0.3 is 0 Å². The van der Waals surface area contributed by atoms with Gasteiger partial charge in [0.2, 0.25) is 5.91 Å². The molecule has 0 saturated carbocycles. The molecule has 0 fully saturated rings. The van der Waals surface area contributed by atoms with Gasteiger partial charge in [-0.2, -0.15) is 0 Å². The number of benzene rings is 2. The topological polar surface area (TPSA) is 51.2 Å². The highest BCUT2D eigenvalue weighted by molar-refractivity contribution is 7.19. The fourth-order valence-corrected chi connectivity index (χ4v) is 3.51. The lowest BCUT2D eigenvalue weighted by Crippen LogP contribution is -2.14. The molecule has 0 aliphatic carbocycles. The third kappa shape index (κ3) is 4.45. The first-order valence-corrected chi connectivity index (χ1v) is 9.02. The molecule has 4 nitrogen and oxygen atoms in total. The fraction of sp³-hybridized carbons (Fsp3) is 0.200. The maximum atomic E-state index is 12.3. The van der Waals surface area contributed by atoms with E-state index >= 15 is 0 Å². The molecule has 0 atom stereocenters. The Bertz CT molecular complexity index is 842. The van der Waals surface area contributed by atoms with E-state index in [2.05, 4.69) is 10.3 Å². The molecule has 25 heavy (non-hydrogen) atoms. The smallest absolute Gasteiger partial charge is 0.230 e. The minimum atomic E-state index is -0.0717. The Morgan fingerprint density at radius 1 is 1.12 bits per heavy atom. The maximum Gasteiger partial charge on any atom is 0.230 e. The van der Waals surface area contributed by atoms with E-state index in [-0.39, 0.29) is 5.91 Å². The van der Waals surface area contributed by atoms with Crippen molar-refractivity contribution in [3.05, 3.63) is 65.9 Å². The molecule has 2 aromatic carbocycles. The van der Waals surface area contributed by atoms with E-state index in [1.54, 1.807) is 0 Å². The molecule has 0 unspecified atom stereocenters. The number of amides is 1. The predicted octanol–water partition coefficient (Wildman–Crippen LogP) is 4.70. The molecule has 0 radical (unpaired) electrons. The summed E-state index contributed by atoms with van der Waals surface area (Å²) >= 11 is 1.50. The third-order valence-corrected chi connectivity index (χ3v) is 4.80. The Morgan fingerprint density at radius 2 is 1.84 bits per heavy atom. The number of hydrogen-bond donors (Lipinski definition) is 1. The fourth-order valence-electron chi connectivity index (χ4n) is 2.53. The molecule has 1 amide bonds. The third-order valence-electron chi connectivity index (χ3n) is 3.68. The Balaban J connectivity index is 1.65. The molecule has 1 N–H and O–H groups in total. The highest BCUT2D eigenvalue weighted by atomic mass is 32.1. The lowest BCUT2D eigenvalue weighted by molar-refractivity contribution is -0.115. The second-order valence-electron chi connectivity index (χ2n) is 5.60. The van der Waals surface area contributed by atoms with Crippen molar-refractivity contribution < 1.29 is 9.53 Å². The Labute approximate surface area is 151 Å². The second kappa shape index (κ2) is 7.94. The zero-order valence-electron chi connectivity index (χ0n) is 14.3. The average Bonchev–Trinajstić information content (AvgIpc) is 2.98. The molecule has 1 aromatic heterocycles. The van der Waals surface area contributed by atoms with Gasteiger partial charge in [-0.15, -0.1) is 0 Å². The summed E-state index contributed by atoms with van der Waals surface area (Å²) in [5, 5.41) is 3.53. The van der Waals surface area contributed by atoms with Crippen LogP contribution in [0.1, 0.15) is 18.2 Å². The van der Waals surface area contributed by atoms with E-state index in [0.717, 1.165) is 27.4 Å². The van der Waals surface area contributed by atoms with E-state index in [1.807, 2.05) is 68.4 Å². The maximum absolute atomic E-state index is 12.3. The molecule has 0 aliphatic rings. The van der Waals surface area contributed by atoms with Crippen molar-refractivity contribution in [3.8, 4) is 16.2 Å². The summed E-state index contributed by atoms with van der Waals surface area (Å²) < 4.78 is 5.41. The lowest BCUT2D eigenvalue weighted by Gasteiger charge is -2.05. The molecule has 1 heterocycles. The average molecular weight is 352 g/mol. The normalized spacial score (nSPS) is 10.5. The highest BCUT2D eigenvalue weighted by Crippen LogP contribution is 2.32. The van der Waals surface area contributed by atoms with Crippen LogP contribution in [0.5, 0.6) is 5.75 Å². The number of thiazole rings is 1. The first-order chi connectivity index (χ1) is 12.2. The van der Waals surface area contributed by atoms with Gasteiger partial charge in [-0.05, 0) is 37.1 Å². The number of anilines is 1. The molecular formula is C20H20N2O2S. The number of carbonyl (C=O) groups is 1. The standard InChI is InChI=1S/C20H20N2O2S/c1-3-24-17-11-9-15(10-12-17)13-18(23)22-20-21-14(2)19(25-20)16-7-5-4-6-8-16/h4-12H,3,13H2,1-2H3,(H,21,22,23). The molecule has 128 valence electrons. The van der Waals surface area contributed by atoms with Gasteiger partial charge in [0.15, 0.2) is 5.13 Å². The van der Waals surface area contributed by atoms with Gasteiger partial charge in [0.25, 0.3) is 0 Å². The van der Waals surface area contributed by atoms with Gasteiger partial charge in [0.05, 0.1) is 23.6 Å². The van der Waals surface area contributed by atoms with Gasteiger partial charge in [0.1, 0.15) is 5.75 Å². The van der Waals surface area contributed by atoms with Crippen LogP contribution in [0.4, 0.5) is 5.13 Å². The summed E-state index contributed by atoms with van der Waals surface area (Å²) in [6, 6.07) is 17.7. The number of nitrogens with zero attached hydrogens (tertiary/aromatic N) is 1. The Morgan fingerprint density at radius 3 is 2.52 bits per heavy atom. The zero-order chi connectivity index (χ0) is 17.6. The number of ether oxygens (including phenoxy) is 1. The first kappa shape index (κ1) is 17.2. The van der Waals surface area contributed by atoms with Crippen LogP contribution in [0.3, 0.4) is 0 Å². The SMILES string of the molecule is CCOc1ccc(CC(=O)Nc2nc(C)c(-c3ccccc3)s2)cc1. The van der Waals surface area contributed by atoms with Crippen LogP contribution in [-0.4, -0.2) is 17.5 Å². The van der Waals surface area contributed by atoms with Crippen LogP contribution in [0.15, 0.2) is 54.6 Å². The summed E-state index contributed by atoms with van der Waals surface area (Å²) in [6.45, 7) is 4.54. The summed E-state index contributed by atoms with van der Waals surface area (Å²) in [4.78, 5) is 17.8. The van der Waals surface area contributed by atoms with Crippen LogP contribution >= 0.6 is 11.3 Å². The van der Waals surface area contributed by atoms with Crippen LogP contribution in [-0.2, 0) is 11.2 Å². The van der Waals surface area contributed by atoms with Crippen molar-refractivity contribution in [3.63, 3.8) is 0 Å². The minimum Gasteiger partial charge on any atom is -0.494 e. The monoisotopic (exact) mass is 352 g/mol. The number of nitrogens with one attached hydrogen (secondary N) is 1. The molecule has 0 saturated heterocycles. The molecule has 3 aromatic rings. The molecule has 5 heteroatoms. The van der Waals surface area contributed by atoms with E-state index < -0.39 is 0 Å². The van der Waals surface area contributed by atoms with E-state index in [4.69, 9.17) is 4.74 Å². The van der Waals surface area contributed by atoms with Crippen molar-refractivity contribution in [2.45, 2.75) is 20.3 Å². The molecule has 0 bridgehead atoms. The lowest BCUT2D eigenvalue weighted by atomic mass is 10.1. The van der Waals surface area contributed by atoms with Crippen molar-refractivity contribution in [1.82, 2.24) is 4.98 Å². The largest absolute Gasteiger partial charge is 0.494 e. The summed E-state index contributed by atoms with van der Waals surface area (Å²) in [6.07, 6.45) is 0.311.